The van der Waals surface area contributed by atoms with Gasteiger partial charge in [0.2, 0.25) is 0 Å². The van der Waals surface area contributed by atoms with Crippen LogP contribution in [0.15, 0.2) is 48.5 Å². The first kappa shape index (κ1) is 17.8. The van der Waals surface area contributed by atoms with E-state index in [0.29, 0.717) is 12.2 Å². The van der Waals surface area contributed by atoms with Gasteiger partial charge in [0, 0.05) is 23.8 Å². The second kappa shape index (κ2) is 6.95. The average molecular weight is 335 g/mol. The monoisotopic (exact) mass is 335 g/mol. The molecule has 0 spiro atoms. The van der Waals surface area contributed by atoms with Crippen LogP contribution in [0.2, 0.25) is 0 Å². The number of nitrogens with two attached hydrogens (primary N) is 1. The van der Waals surface area contributed by atoms with Gasteiger partial charge >= 0.3 is 6.18 Å². The van der Waals surface area contributed by atoms with Crippen LogP contribution in [0.25, 0.3) is 0 Å². The molecule has 2 aromatic rings. The lowest BCUT2D eigenvalue weighted by molar-refractivity contribution is -0.137. The van der Waals surface area contributed by atoms with Gasteiger partial charge in [0.15, 0.2) is 0 Å². The van der Waals surface area contributed by atoms with Gasteiger partial charge in [0.05, 0.1) is 5.56 Å². The fourth-order valence-electron chi connectivity index (χ4n) is 2.50. The predicted octanol–water partition coefficient (Wildman–Crippen LogP) is 4.40. The van der Waals surface area contributed by atoms with E-state index in [0.717, 1.165) is 17.7 Å². The van der Waals surface area contributed by atoms with Gasteiger partial charge in [-0.15, -0.1) is 0 Å². The summed E-state index contributed by atoms with van der Waals surface area (Å²) in [5.74, 6) is -0.380. The molecule has 24 heavy (non-hydrogen) atoms. The van der Waals surface area contributed by atoms with Crippen molar-refractivity contribution in [2.45, 2.75) is 32.6 Å². The van der Waals surface area contributed by atoms with Crippen LogP contribution in [-0.2, 0) is 12.7 Å². The maximum atomic E-state index is 12.9. The van der Waals surface area contributed by atoms with Crippen molar-refractivity contribution in [1.82, 2.24) is 0 Å². The third kappa shape index (κ3) is 4.07. The van der Waals surface area contributed by atoms with Crippen LogP contribution in [0.1, 0.15) is 30.5 Å². The molecule has 0 aliphatic heterocycles. The molecule has 3 N–H and O–H groups in total. The number of benzene rings is 2. The van der Waals surface area contributed by atoms with Crippen molar-refractivity contribution in [1.29, 1.82) is 5.41 Å². The van der Waals surface area contributed by atoms with Gasteiger partial charge in [0.25, 0.3) is 0 Å². The van der Waals surface area contributed by atoms with E-state index in [-0.39, 0.29) is 17.4 Å². The van der Waals surface area contributed by atoms with E-state index in [2.05, 4.69) is 0 Å². The number of nitrogen functional groups attached to an aromatic ring is 1. The van der Waals surface area contributed by atoms with Crippen molar-refractivity contribution in [2.75, 3.05) is 4.90 Å². The zero-order chi connectivity index (χ0) is 17.9. The zero-order valence-electron chi connectivity index (χ0n) is 13.6. The van der Waals surface area contributed by atoms with Crippen LogP contribution in [0.5, 0.6) is 0 Å². The smallest absolute Gasteiger partial charge is 0.384 e. The number of nitrogens with zero attached hydrogens (tertiary/aromatic N) is 1. The van der Waals surface area contributed by atoms with E-state index >= 15 is 0 Å². The van der Waals surface area contributed by atoms with E-state index in [1.54, 1.807) is 0 Å². The summed E-state index contributed by atoms with van der Waals surface area (Å²) < 4.78 is 38.8. The normalized spacial score (nSPS) is 11.6. The molecular weight excluding hydrogens is 315 g/mol. The number of amidine groups is 1. The predicted molar refractivity (Wildman–Crippen MR) is 90.2 cm³/mol. The third-order valence-corrected chi connectivity index (χ3v) is 3.74. The van der Waals surface area contributed by atoms with Gasteiger partial charge in [-0.2, -0.15) is 13.2 Å². The molecule has 128 valence electrons. The van der Waals surface area contributed by atoms with Crippen LogP contribution in [0, 0.1) is 5.41 Å². The van der Waals surface area contributed by atoms with Gasteiger partial charge in [-0.1, -0.05) is 30.3 Å². The molecule has 0 amide bonds. The Morgan fingerprint density at radius 1 is 1.12 bits per heavy atom. The molecular formula is C18H20F3N3. The molecule has 0 heterocycles. The molecule has 2 rings (SSSR count). The Hall–Kier alpha value is -2.50. The summed E-state index contributed by atoms with van der Waals surface area (Å²) in [6.07, 6.45) is -4.47. The number of hydrogen-bond acceptors (Lipinski definition) is 2. The number of hydrogen-bond donors (Lipinski definition) is 2. The van der Waals surface area contributed by atoms with Crippen LogP contribution >= 0.6 is 0 Å². The minimum atomic E-state index is -4.47. The fourth-order valence-corrected chi connectivity index (χ4v) is 2.50. The summed E-state index contributed by atoms with van der Waals surface area (Å²) in [4.78, 5) is 1.94. The molecule has 0 bridgehead atoms. The molecule has 2 aromatic carbocycles. The standard InChI is InChI=1S/C18H20F3N3/c1-12(2)24(11-13-6-4-3-5-7-13)16-9-8-14(18(19,20)21)10-15(16)17(22)23/h3-10,12H,11H2,1-2H3,(H3,22,23). The number of nitrogens with one attached hydrogen (secondary N) is 1. The molecule has 0 saturated heterocycles. The van der Waals surface area contributed by atoms with Crippen molar-refractivity contribution in [3.05, 3.63) is 65.2 Å². The highest BCUT2D eigenvalue weighted by Crippen LogP contribution is 2.33. The van der Waals surface area contributed by atoms with E-state index in [1.807, 2.05) is 49.1 Å². The second-order valence-electron chi connectivity index (χ2n) is 5.85. The third-order valence-electron chi connectivity index (χ3n) is 3.74. The zero-order valence-corrected chi connectivity index (χ0v) is 13.6. The number of anilines is 1. The van der Waals surface area contributed by atoms with Gasteiger partial charge in [-0.25, -0.2) is 0 Å². The maximum absolute atomic E-state index is 12.9. The second-order valence-corrected chi connectivity index (χ2v) is 5.85. The number of rotatable bonds is 5. The highest BCUT2D eigenvalue weighted by atomic mass is 19.4. The molecule has 3 nitrogen and oxygen atoms in total. The molecule has 0 aliphatic carbocycles. The Kier molecular flexibility index (Phi) is 5.17. The summed E-state index contributed by atoms with van der Waals surface area (Å²) in [6, 6.07) is 13.0. The first-order valence-corrected chi connectivity index (χ1v) is 7.56. The first-order valence-electron chi connectivity index (χ1n) is 7.56. The van der Waals surface area contributed by atoms with E-state index in [1.165, 1.54) is 6.07 Å². The Morgan fingerprint density at radius 2 is 1.75 bits per heavy atom. The first-order chi connectivity index (χ1) is 11.2. The minimum Gasteiger partial charge on any atom is -0.384 e. The number of halogens is 3. The molecule has 0 aromatic heterocycles. The summed E-state index contributed by atoms with van der Waals surface area (Å²) in [6.45, 7) is 4.42. The van der Waals surface area contributed by atoms with E-state index < -0.39 is 11.7 Å². The topological polar surface area (TPSA) is 53.1 Å². The summed E-state index contributed by atoms with van der Waals surface area (Å²) in [7, 11) is 0. The highest BCUT2D eigenvalue weighted by Gasteiger charge is 2.32. The van der Waals surface area contributed by atoms with Crippen molar-refractivity contribution in [3.8, 4) is 0 Å². The lowest BCUT2D eigenvalue weighted by Crippen LogP contribution is -2.32. The molecule has 0 unspecified atom stereocenters. The van der Waals surface area contributed by atoms with Crippen LogP contribution in [0.3, 0.4) is 0 Å². The lowest BCUT2D eigenvalue weighted by atomic mass is 10.0. The van der Waals surface area contributed by atoms with Crippen molar-refractivity contribution < 1.29 is 13.2 Å². The molecule has 0 atom stereocenters. The summed E-state index contributed by atoms with van der Waals surface area (Å²) in [5.41, 5.74) is 6.38. The summed E-state index contributed by atoms with van der Waals surface area (Å²) in [5, 5.41) is 7.68. The lowest BCUT2D eigenvalue weighted by Gasteiger charge is -2.31. The quantitative estimate of drug-likeness (QED) is 0.628. The van der Waals surface area contributed by atoms with Crippen LogP contribution < -0.4 is 10.6 Å². The summed E-state index contributed by atoms with van der Waals surface area (Å²) >= 11 is 0. The van der Waals surface area contributed by atoms with Gasteiger partial charge < -0.3 is 10.6 Å². The molecule has 0 fully saturated rings. The van der Waals surface area contributed by atoms with Crippen molar-refractivity contribution >= 4 is 11.5 Å². The largest absolute Gasteiger partial charge is 0.416 e. The van der Waals surface area contributed by atoms with Crippen molar-refractivity contribution in [2.24, 2.45) is 5.73 Å². The maximum Gasteiger partial charge on any atom is 0.416 e. The van der Waals surface area contributed by atoms with Crippen molar-refractivity contribution in [3.63, 3.8) is 0 Å². The van der Waals surface area contributed by atoms with E-state index in [4.69, 9.17) is 11.1 Å². The van der Waals surface area contributed by atoms with Gasteiger partial charge in [-0.3, -0.25) is 5.41 Å². The molecule has 0 radical (unpaired) electrons. The van der Waals surface area contributed by atoms with Gasteiger partial charge in [0.1, 0.15) is 5.84 Å². The molecule has 6 heteroatoms. The Labute approximate surface area is 139 Å². The Balaban J connectivity index is 2.48. The SMILES string of the molecule is CC(C)N(Cc1ccccc1)c1ccc(C(F)(F)F)cc1C(=N)N. The highest BCUT2D eigenvalue weighted by molar-refractivity contribution is 6.00. The Morgan fingerprint density at radius 3 is 2.25 bits per heavy atom. The van der Waals surface area contributed by atoms with E-state index in [9.17, 15) is 13.2 Å². The minimum absolute atomic E-state index is 0.0278. The molecule has 0 saturated carbocycles. The van der Waals surface area contributed by atoms with Gasteiger partial charge in [-0.05, 0) is 37.6 Å². The fraction of sp³-hybridized carbons (Fsp3) is 0.278. The van der Waals surface area contributed by atoms with Crippen LogP contribution in [0.4, 0.5) is 18.9 Å². The Bertz CT molecular complexity index is 709. The molecule has 0 aliphatic rings. The number of alkyl halides is 3. The average Bonchev–Trinajstić information content (AvgIpc) is 2.52. The van der Waals surface area contributed by atoms with Crippen LogP contribution in [-0.4, -0.2) is 11.9 Å².